The molecular weight excluding hydrogens is 279 g/mol. The van der Waals surface area contributed by atoms with E-state index in [9.17, 15) is 18.3 Å². The Hall–Kier alpha value is -1.07. The Morgan fingerprint density at radius 1 is 1.05 bits per heavy atom. The topological polar surface area (TPSA) is 32.3 Å². The Bertz CT molecular complexity index is 412. The molecule has 5 heteroatoms. The highest BCUT2D eigenvalue weighted by Gasteiger charge is 2.32. The first-order valence-corrected chi connectivity index (χ1v) is 7.10. The van der Waals surface area contributed by atoms with Gasteiger partial charge in [-0.25, -0.2) is 0 Å². The minimum atomic E-state index is -4.25. The van der Waals surface area contributed by atoms with Gasteiger partial charge in [0.2, 0.25) is 0 Å². The van der Waals surface area contributed by atoms with Crippen molar-refractivity contribution in [1.82, 2.24) is 5.32 Å². The number of nitrogens with one attached hydrogen (secondary N) is 1. The molecule has 0 amide bonds. The summed E-state index contributed by atoms with van der Waals surface area (Å²) in [6.45, 7) is 6.11. The molecule has 2 unspecified atom stereocenters. The van der Waals surface area contributed by atoms with Crippen molar-refractivity contribution in [1.29, 1.82) is 0 Å². The highest BCUT2D eigenvalue weighted by Crippen LogP contribution is 2.29. The second-order valence-corrected chi connectivity index (χ2v) is 6.61. The molecular formula is C16H24F3NO. The number of alkyl halides is 3. The molecule has 2 atom stereocenters. The number of benzene rings is 1. The highest BCUT2D eigenvalue weighted by atomic mass is 19.4. The van der Waals surface area contributed by atoms with Gasteiger partial charge in [-0.3, -0.25) is 0 Å². The van der Waals surface area contributed by atoms with Crippen LogP contribution in [0.5, 0.6) is 0 Å². The summed E-state index contributed by atoms with van der Waals surface area (Å²) in [6.07, 6.45) is -5.32. The lowest BCUT2D eigenvalue weighted by molar-refractivity contribution is -0.140. The van der Waals surface area contributed by atoms with E-state index in [4.69, 9.17) is 0 Å². The molecule has 0 fully saturated rings. The van der Waals surface area contributed by atoms with Gasteiger partial charge < -0.3 is 10.4 Å². The number of hydrogen-bond donors (Lipinski definition) is 2. The third kappa shape index (κ3) is 8.07. The van der Waals surface area contributed by atoms with E-state index in [-0.39, 0.29) is 12.0 Å². The normalized spacial score (nSPS) is 15.8. The maximum absolute atomic E-state index is 12.7. The zero-order valence-electron chi connectivity index (χ0n) is 12.7. The molecule has 2 nitrogen and oxygen atoms in total. The van der Waals surface area contributed by atoms with E-state index in [0.717, 1.165) is 0 Å². The van der Waals surface area contributed by atoms with Crippen LogP contribution in [-0.4, -0.2) is 23.9 Å². The fourth-order valence-electron chi connectivity index (χ4n) is 2.28. The number of rotatable bonds is 6. The number of aliphatic hydroxyl groups excluding tert-OH is 1. The molecule has 1 rings (SSSR count). The van der Waals surface area contributed by atoms with E-state index in [1.165, 1.54) is 0 Å². The number of halogens is 3. The van der Waals surface area contributed by atoms with Crippen molar-refractivity contribution in [2.75, 3.05) is 6.54 Å². The summed E-state index contributed by atoms with van der Waals surface area (Å²) < 4.78 is 38.1. The van der Waals surface area contributed by atoms with Gasteiger partial charge in [-0.15, -0.1) is 0 Å². The van der Waals surface area contributed by atoms with E-state index in [0.29, 0.717) is 12.0 Å². The number of hydrogen-bond acceptors (Lipinski definition) is 2. The Labute approximate surface area is 124 Å². The van der Waals surface area contributed by atoms with Crippen molar-refractivity contribution in [3.05, 3.63) is 35.9 Å². The van der Waals surface area contributed by atoms with Gasteiger partial charge >= 0.3 is 6.18 Å². The fraction of sp³-hybridized carbons (Fsp3) is 0.625. The largest absolute Gasteiger partial charge is 0.392 e. The summed E-state index contributed by atoms with van der Waals surface area (Å²) in [4.78, 5) is 0. The lowest BCUT2D eigenvalue weighted by Gasteiger charge is -2.26. The minimum absolute atomic E-state index is 0.0621. The van der Waals surface area contributed by atoms with Crippen LogP contribution in [0.2, 0.25) is 0 Å². The standard InChI is InChI=1S/C16H24F3NO/c1-15(2,3)9-13(21)11-20-14(10-16(17,18)19)12-7-5-4-6-8-12/h4-8,13-14,20-21H,9-11H2,1-3H3. The maximum atomic E-state index is 12.7. The lowest BCUT2D eigenvalue weighted by atomic mass is 9.89. The summed E-state index contributed by atoms with van der Waals surface area (Å²) in [6, 6.07) is 7.69. The molecule has 0 bridgehead atoms. The summed E-state index contributed by atoms with van der Waals surface area (Å²) >= 11 is 0. The van der Waals surface area contributed by atoms with Crippen molar-refractivity contribution in [2.24, 2.45) is 5.41 Å². The zero-order chi connectivity index (χ0) is 16.1. The van der Waals surface area contributed by atoms with Crippen LogP contribution in [0.3, 0.4) is 0 Å². The predicted molar refractivity (Wildman–Crippen MR) is 77.9 cm³/mol. The van der Waals surface area contributed by atoms with Gasteiger partial charge in [0.15, 0.2) is 0 Å². The molecule has 0 radical (unpaired) electrons. The van der Waals surface area contributed by atoms with Crippen LogP contribution in [0.15, 0.2) is 30.3 Å². The molecule has 0 spiro atoms. The Kier molecular flexibility index (Phi) is 6.23. The maximum Gasteiger partial charge on any atom is 0.390 e. The summed E-state index contributed by atoms with van der Waals surface area (Å²) in [7, 11) is 0. The predicted octanol–water partition coefficient (Wildman–Crippen LogP) is 4.07. The first kappa shape index (κ1) is 18.0. The van der Waals surface area contributed by atoms with Crippen molar-refractivity contribution in [2.45, 2.75) is 51.9 Å². The average Bonchev–Trinajstić information content (AvgIpc) is 2.32. The summed E-state index contributed by atoms with van der Waals surface area (Å²) in [5.41, 5.74) is 0.519. The van der Waals surface area contributed by atoms with Crippen molar-refractivity contribution in [3.63, 3.8) is 0 Å². The molecule has 0 saturated heterocycles. The monoisotopic (exact) mass is 303 g/mol. The molecule has 0 aliphatic carbocycles. The lowest BCUT2D eigenvalue weighted by Crippen LogP contribution is -2.34. The Morgan fingerprint density at radius 3 is 2.10 bits per heavy atom. The van der Waals surface area contributed by atoms with Crippen LogP contribution >= 0.6 is 0 Å². The van der Waals surface area contributed by atoms with E-state index in [1.54, 1.807) is 30.3 Å². The smallest absolute Gasteiger partial charge is 0.390 e. The molecule has 2 N–H and O–H groups in total. The second kappa shape index (κ2) is 7.27. The molecule has 0 saturated carbocycles. The minimum Gasteiger partial charge on any atom is -0.392 e. The van der Waals surface area contributed by atoms with Gasteiger partial charge in [0.1, 0.15) is 0 Å². The van der Waals surface area contributed by atoms with E-state index < -0.39 is 24.7 Å². The fourth-order valence-corrected chi connectivity index (χ4v) is 2.28. The van der Waals surface area contributed by atoms with Gasteiger partial charge in [0, 0.05) is 12.6 Å². The van der Waals surface area contributed by atoms with Crippen LogP contribution in [-0.2, 0) is 0 Å². The Morgan fingerprint density at radius 2 is 1.62 bits per heavy atom. The molecule has 0 heterocycles. The molecule has 0 aliphatic rings. The van der Waals surface area contributed by atoms with Crippen LogP contribution in [0, 0.1) is 5.41 Å². The van der Waals surface area contributed by atoms with Crippen LogP contribution in [0.1, 0.15) is 45.2 Å². The van der Waals surface area contributed by atoms with Gasteiger partial charge in [-0.05, 0) is 17.4 Å². The van der Waals surface area contributed by atoms with Crippen LogP contribution < -0.4 is 5.32 Å². The third-order valence-corrected chi connectivity index (χ3v) is 3.09. The van der Waals surface area contributed by atoms with Gasteiger partial charge in [0.25, 0.3) is 0 Å². The summed E-state index contributed by atoms with van der Waals surface area (Å²) in [5.74, 6) is 0. The SMILES string of the molecule is CC(C)(C)CC(O)CNC(CC(F)(F)F)c1ccccc1. The second-order valence-electron chi connectivity index (χ2n) is 6.61. The zero-order valence-corrected chi connectivity index (χ0v) is 12.7. The molecule has 0 aromatic heterocycles. The molecule has 120 valence electrons. The van der Waals surface area contributed by atoms with Crippen molar-refractivity contribution < 1.29 is 18.3 Å². The molecule has 21 heavy (non-hydrogen) atoms. The van der Waals surface area contributed by atoms with Gasteiger partial charge in [-0.1, -0.05) is 51.1 Å². The third-order valence-electron chi connectivity index (χ3n) is 3.09. The quantitative estimate of drug-likeness (QED) is 0.830. The average molecular weight is 303 g/mol. The first-order chi connectivity index (χ1) is 9.57. The van der Waals surface area contributed by atoms with Crippen molar-refractivity contribution in [3.8, 4) is 0 Å². The van der Waals surface area contributed by atoms with Gasteiger partial charge in [-0.2, -0.15) is 13.2 Å². The molecule has 1 aromatic rings. The molecule has 0 aliphatic heterocycles. The van der Waals surface area contributed by atoms with Gasteiger partial charge in [0.05, 0.1) is 12.5 Å². The van der Waals surface area contributed by atoms with E-state index in [2.05, 4.69) is 5.32 Å². The van der Waals surface area contributed by atoms with Crippen LogP contribution in [0.4, 0.5) is 13.2 Å². The Balaban J connectivity index is 2.66. The van der Waals surface area contributed by atoms with Crippen molar-refractivity contribution >= 4 is 0 Å². The number of aliphatic hydroxyl groups is 1. The van der Waals surface area contributed by atoms with E-state index in [1.807, 2.05) is 20.8 Å². The van der Waals surface area contributed by atoms with E-state index >= 15 is 0 Å². The first-order valence-electron chi connectivity index (χ1n) is 7.10. The molecule has 1 aromatic carbocycles. The highest BCUT2D eigenvalue weighted by molar-refractivity contribution is 5.19. The summed E-state index contributed by atoms with van der Waals surface area (Å²) in [5, 5.41) is 12.8. The van der Waals surface area contributed by atoms with Crippen LogP contribution in [0.25, 0.3) is 0 Å².